The van der Waals surface area contributed by atoms with Gasteiger partial charge in [0, 0.05) is 0 Å². The molecular formula is C18H17F3N2O4S. The molecule has 150 valence electrons. The molecule has 10 heteroatoms. The first-order valence-electron chi connectivity index (χ1n) is 8.36. The summed E-state index contributed by atoms with van der Waals surface area (Å²) in [5, 5.41) is 2.20. The molecule has 1 heterocycles. The second-order valence-electron chi connectivity index (χ2n) is 6.04. The van der Waals surface area contributed by atoms with Crippen molar-refractivity contribution in [3.05, 3.63) is 54.1 Å². The highest BCUT2D eigenvalue weighted by molar-refractivity contribution is 7.92. The third-order valence-electron chi connectivity index (χ3n) is 4.22. The predicted octanol–water partition coefficient (Wildman–Crippen LogP) is 3.26. The molecule has 0 saturated carbocycles. The number of nitrogens with zero attached hydrogens (tertiary/aromatic N) is 1. The fraction of sp³-hybridized carbons (Fsp3) is 0.278. The lowest BCUT2D eigenvalue weighted by atomic mass is 10.1. The van der Waals surface area contributed by atoms with E-state index in [4.69, 9.17) is 4.74 Å². The lowest BCUT2D eigenvalue weighted by Crippen LogP contribution is -2.49. The number of nitrogens with one attached hydrogen (secondary N) is 1. The number of benzene rings is 2. The summed E-state index contributed by atoms with van der Waals surface area (Å²) in [6, 6.07) is 10.8. The van der Waals surface area contributed by atoms with Gasteiger partial charge in [-0.15, -0.1) is 0 Å². The van der Waals surface area contributed by atoms with Gasteiger partial charge in [-0.2, -0.15) is 13.2 Å². The van der Waals surface area contributed by atoms with Crippen molar-refractivity contribution in [3.8, 4) is 5.75 Å². The van der Waals surface area contributed by atoms with Crippen molar-refractivity contribution in [2.75, 3.05) is 21.9 Å². The van der Waals surface area contributed by atoms with Gasteiger partial charge in [0.05, 0.1) is 29.2 Å². The smallest absolute Gasteiger partial charge is 0.418 e. The third-order valence-corrected chi connectivity index (χ3v) is 5.97. The molecule has 0 aliphatic carbocycles. The maximum Gasteiger partial charge on any atom is 0.418 e. The molecule has 0 saturated heterocycles. The number of para-hydroxylation sites is 3. The van der Waals surface area contributed by atoms with E-state index in [9.17, 15) is 26.4 Å². The van der Waals surface area contributed by atoms with Gasteiger partial charge in [-0.25, -0.2) is 8.42 Å². The van der Waals surface area contributed by atoms with Crippen molar-refractivity contribution in [1.82, 2.24) is 0 Å². The number of alkyl halides is 3. The van der Waals surface area contributed by atoms with Gasteiger partial charge in [0.15, 0.2) is 6.10 Å². The van der Waals surface area contributed by atoms with E-state index in [0.717, 1.165) is 16.4 Å². The molecule has 0 bridgehead atoms. The summed E-state index contributed by atoms with van der Waals surface area (Å²) in [5.41, 5.74) is -1.14. The van der Waals surface area contributed by atoms with Gasteiger partial charge < -0.3 is 10.1 Å². The number of rotatable bonds is 4. The monoisotopic (exact) mass is 414 g/mol. The summed E-state index contributed by atoms with van der Waals surface area (Å²) in [4.78, 5) is 12.6. The Balaban J connectivity index is 1.90. The average molecular weight is 414 g/mol. The second kappa shape index (κ2) is 7.34. The molecule has 1 amide bonds. The average Bonchev–Trinajstić information content (AvgIpc) is 2.66. The number of hydrogen-bond acceptors (Lipinski definition) is 4. The molecule has 3 rings (SSSR count). The minimum absolute atomic E-state index is 0.162. The molecule has 1 atom stereocenters. The van der Waals surface area contributed by atoms with E-state index in [1.54, 1.807) is 12.1 Å². The highest BCUT2D eigenvalue weighted by atomic mass is 32.2. The molecule has 28 heavy (non-hydrogen) atoms. The zero-order valence-electron chi connectivity index (χ0n) is 14.7. The van der Waals surface area contributed by atoms with E-state index in [1.165, 1.54) is 31.2 Å². The molecule has 1 aliphatic heterocycles. The number of carbonyl (C=O) groups excluding carboxylic acids is 1. The van der Waals surface area contributed by atoms with Crippen LogP contribution in [-0.4, -0.2) is 32.7 Å². The molecule has 2 aromatic carbocycles. The second-order valence-corrected chi connectivity index (χ2v) is 8.22. The minimum Gasteiger partial charge on any atom is -0.476 e. The van der Waals surface area contributed by atoms with Crippen LogP contribution in [0.4, 0.5) is 24.5 Å². The van der Waals surface area contributed by atoms with E-state index >= 15 is 0 Å². The Morgan fingerprint density at radius 2 is 1.82 bits per heavy atom. The highest BCUT2D eigenvalue weighted by Crippen LogP contribution is 2.37. The molecule has 0 radical (unpaired) electrons. The van der Waals surface area contributed by atoms with Crippen LogP contribution < -0.4 is 14.4 Å². The van der Waals surface area contributed by atoms with Gasteiger partial charge in [-0.3, -0.25) is 9.10 Å². The standard InChI is InChI=1S/C18H17F3N2O4S/c1-2-28(25,26)23-11-16(27-15-10-6-5-9-14(15)23)17(24)22-13-8-4-3-7-12(13)18(19,20)21/h3-10,16H,2,11H2,1H3,(H,22,24)/t16-/m1/s1. The Bertz CT molecular complexity index is 992. The quantitative estimate of drug-likeness (QED) is 0.833. The topological polar surface area (TPSA) is 75.7 Å². The van der Waals surface area contributed by atoms with Gasteiger partial charge in [0.2, 0.25) is 10.0 Å². The molecule has 6 nitrogen and oxygen atoms in total. The number of amides is 1. The van der Waals surface area contributed by atoms with E-state index in [0.29, 0.717) is 0 Å². The number of halogens is 3. The molecule has 1 aliphatic rings. The van der Waals surface area contributed by atoms with Crippen molar-refractivity contribution in [3.63, 3.8) is 0 Å². The summed E-state index contributed by atoms with van der Waals surface area (Å²) in [6.45, 7) is 1.12. The zero-order valence-corrected chi connectivity index (χ0v) is 15.5. The molecule has 0 spiro atoms. The van der Waals surface area contributed by atoms with E-state index < -0.39 is 39.5 Å². The van der Waals surface area contributed by atoms with Gasteiger partial charge in [0.1, 0.15) is 5.75 Å². The molecule has 0 unspecified atom stereocenters. The summed E-state index contributed by atoms with van der Waals surface area (Å²) >= 11 is 0. The van der Waals surface area contributed by atoms with E-state index in [-0.39, 0.29) is 23.7 Å². The van der Waals surface area contributed by atoms with Crippen LogP contribution in [0, 0.1) is 0 Å². The zero-order chi connectivity index (χ0) is 20.5. The summed E-state index contributed by atoms with van der Waals surface area (Å²) in [6.07, 6.45) is -5.96. The first kappa shape index (κ1) is 20.0. The van der Waals surface area contributed by atoms with Crippen molar-refractivity contribution in [2.45, 2.75) is 19.2 Å². The maximum atomic E-state index is 13.1. The van der Waals surface area contributed by atoms with E-state index in [1.807, 2.05) is 0 Å². The molecule has 2 aromatic rings. The normalized spacial score (nSPS) is 16.9. The number of carbonyl (C=O) groups is 1. The van der Waals surface area contributed by atoms with Gasteiger partial charge in [0.25, 0.3) is 5.91 Å². The van der Waals surface area contributed by atoms with Crippen LogP contribution in [-0.2, 0) is 21.0 Å². The summed E-state index contributed by atoms with van der Waals surface area (Å²) in [7, 11) is -3.71. The van der Waals surface area contributed by atoms with Crippen LogP contribution >= 0.6 is 0 Å². The van der Waals surface area contributed by atoms with Crippen LogP contribution in [0.25, 0.3) is 0 Å². The third kappa shape index (κ3) is 3.91. The SMILES string of the molecule is CCS(=O)(=O)N1C[C@H](C(=O)Nc2ccccc2C(F)(F)F)Oc2ccccc21. The Morgan fingerprint density at radius 1 is 1.18 bits per heavy atom. The fourth-order valence-electron chi connectivity index (χ4n) is 2.81. The molecular weight excluding hydrogens is 397 g/mol. The minimum atomic E-state index is -4.65. The van der Waals surface area contributed by atoms with Gasteiger partial charge in [-0.1, -0.05) is 24.3 Å². The Morgan fingerprint density at radius 3 is 2.50 bits per heavy atom. The Labute approximate surface area is 160 Å². The predicted molar refractivity (Wildman–Crippen MR) is 97.7 cm³/mol. The Hall–Kier alpha value is -2.75. The van der Waals surface area contributed by atoms with Crippen molar-refractivity contribution >= 4 is 27.3 Å². The number of hydrogen-bond donors (Lipinski definition) is 1. The van der Waals surface area contributed by atoms with Crippen molar-refractivity contribution in [2.24, 2.45) is 0 Å². The van der Waals surface area contributed by atoms with Crippen molar-refractivity contribution < 1.29 is 31.1 Å². The first-order chi connectivity index (χ1) is 13.1. The van der Waals surface area contributed by atoms with Gasteiger partial charge in [-0.05, 0) is 31.2 Å². The van der Waals surface area contributed by atoms with Crippen LogP contribution in [0.15, 0.2) is 48.5 Å². The fourth-order valence-corrected chi connectivity index (χ4v) is 3.94. The lowest BCUT2D eigenvalue weighted by Gasteiger charge is -2.34. The molecule has 1 N–H and O–H groups in total. The number of fused-ring (bicyclic) bond motifs is 1. The summed E-state index contributed by atoms with van der Waals surface area (Å²) < 4.78 is 70.8. The highest BCUT2D eigenvalue weighted by Gasteiger charge is 2.38. The van der Waals surface area contributed by atoms with Gasteiger partial charge >= 0.3 is 6.18 Å². The van der Waals surface area contributed by atoms with Crippen LogP contribution in [0.1, 0.15) is 12.5 Å². The van der Waals surface area contributed by atoms with Crippen LogP contribution in [0.3, 0.4) is 0 Å². The summed E-state index contributed by atoms with van der Waals surface area (Å²) in [5.74, 6) is -0.912. The number of sulfonamides is 1. The van der Waals surface area contributed by atoms with E-state index in [2.05, 4.69) is 5.32 Å². The van der Waals surface area contributed by atoms with Crippen LogP contribution in [0.2, 0.25) is 0 Å². The first-order valence-corrected chi connectivity index (χ1v) is 9.97. The maximum absolute atomic E-state index is 13.1. The molecule has 0 fully saturated rings. The number of ether oxygens (including phenoxy) is 1. The number of anilines is 2. The van der Waals surface area contributed by atoms with Crippen LogP contribution in [0.5, 0.6) is 5.75 Å². The van der Waals surface area contributed by atoms with Crippen molar-refractivity contribution in [1.29, 1.82) is 0 Å². The molecule has 0 aromatic heterocycles. The largest absolute Gasteiger partial charge is 0.476 e. The Kier molecular flexibility index (Phi) is 5.24. The lowest BCUT2D eigenvalue weighted by molar-refractivity contribution is -0.137.